The normalized spacial score (nSPS) is 11.8. The largest absolute Gasteiger partial charge is 0.342 e. The van der Waals surface area contributed by atoms with Crippen molar-refractivity contribution in [1.82, 2.24) is 20.1 Å². The topological polar surface area (TPSA) is 88.9 Å². The first-order valence-corrected chi connectivity index (χ1v) is 12.2. The van der Waals surface area contributed by atoms with Crippen LogP contribution in [-0.4, -0.2) is 32.3 Å². The van der Waals surface area contributed by atoms with Crippen LogP contribution in [0.3, 0.4) is 0 Å². The Bertz CT molecular complexity index is 1140. The number of thioether (sulfide) groups is 1. The minimum Gasteiger partial charge on any atom is -0.342 e. The van der Waals surface area contributed by atoms with Crippen molar-refractivity contribution in [2.75, 3.05) is 11.1 Å². The fourth-order valence-electron chi connectivity index (χ4n) is 3.04. The van der Waals surface area contributed by atoms with Gasteiger partial charge in [-0.3, -0.25) is 9.59 Å². The molecule has 0 aliphatic heterocycles. The van der Waals surface area contributed by atoms with Crippen LogP contribution in [0.25, 0.3) is 0 Å². The van der Waals surface area contributed by atoms with Crippen molar-refractivity contribution in [3.63, 3.8) is 0 Å². The van der Waals surface area contributed by atoms with Crippen LogP contribution in [-0.2, 0) is 11.3 Å². The van der Waals surface area contributed by atoms with Gasteiger partial charge in [0.25, 0.3) is 5.91 Å². The second-order valence-electron chi connectivity index (χ2n) is 7.23. The van der Waals surface area contributed by atoms with Gasteiger partial charge in [0.05, 0.1) is 27.5 Å². The smallest absolute Gasteiger partial charge is 0.251 e. The molecule has 0 spiro atoms. The van der Waals surface area contributed by atoms with Crippen LogP contribution in [0.2, 0.25) is 15.1 Å². The second kappa shape index (κ2) is 11.2. The number of amides is 2. The molecule has 0 unspecified atom stereocenters. The minimum absolute atomic E-state index is 0.0670. The molecule has 0 fully saturated rings. The highest BCUT2D eigenvalue weighted by atomic mass is 35.5. The number of carbonyl (C=O) groups is 2. The van der Waals surface area contributed by atoms with E-state index in [0.29, 0.717) is 33.8 Å². The van der Waals surface area contributed by atoms with Gasteiger partial charge in [0, 0.05) is 17.1 Å². The Hall–Kier alpha value is -2.26. The summed E-state index contributed by atoms with van der Waals surface area (Å²) in [4.78, 5) is 25.0. The molecule has 0 bridgehead atoms. The number of carbonyl (C=O) groups excluding carboxylic acids is 2. The monoisotopic (exact) mass is 525 g/mol. The van der Waals surface area contributed by atoms with Crippen molar-refractivity contribution in [3.05, 3.63) is 68.4 Å². The van der Waals surface area contributed by atoms with Crippen molar-refractivity contribution in [3.8, 4) is 0 Å². The zero-order valence-corrected chi connectivity index (χ0v) is 21.2. The summed E-state index contributed by atoms with van der Waals surface area (Å²) in [6.07, 6.45) is 0. The molecular formula is C22H22Cl3N5O2S. The summed E-state index contributed by atoms with van der Waals surface area (Å²) < 4.78 is 1.86. The van der Waals surface area contributed by atoms with Crippen LogP contribution < -0.4 is 10.6 Å². The lowest BCUT2D eigenvalue weighted by Crippen LogP contribution is -2.28. The SMILES string of the molecule is CCn1c(SCC(=O)Nc2c(Cl)cc(Cl)cc2Cl)nnc1[C@H](C)NC(=O)c1ccc(C)cc1. The second-order valence-corrected chi connectivity index (χ2v) is 9.42. The molecule has 2 amide bonds. The first kappa shape index (κ1) is 25.4. The standard InChI is InChI=1S/C22H22Cl3N5O2S/c1-4-30-20(13(3)26-21(32)14-7-5-12(2)6-8-14)28-29-22(30)33-11-18(31)27-19-16(24)9-15(23)10-17(19)25/h5-10,13H,4,11H2,1-3H3,(H,26,32)(H,27,31)/t13-/m0/s1. The first-order valence-electron chi connectivity index (χ1n) is 10.1. The fourth-order valence-corrected chi connectivity index (χ4v) is 4.76. The summed E-state index contributed by atoms with van der Waals surface area (Å²) in [7, 11) is 0. The van der Waals surface area contributed by atoms with Gasteiger partial charge in [0.1, 0.15) is 0 Å². The molecule has 2 aromatic carbocycles. The van der Waals surface area contributed by atoms with Crippen molar-refractivity contribution in [2.24, 2.45) is 0 Å². The van der Waals surface area contributed by atoms with Gasteiger partial charge in [0.15, 0.2) is 11.0 Å². The number of benzene rings is 2. The van der Waals surface area contributed by atoms with Crippen LogP contribution in [0.5, 0.6) is 0 Å². The fraction of sp³-hybridized carbons (Fsp3) is 0.273. The molecule has 1 atom stereocenters. The van der Waals surface area contributed by atoms with Crippen LogP contribution in [0.4, 0.5) is 5.69 Å². The summed E-state index contributed by atoms with van der Waals surface area (Å²) >= 11 is 19.4. The number of anilines is 1. The van der Waals surface area contributed by atoms with E-state index in [9.17, 15) is 9.59 Å². The summed E-state index contributed by atoms with van der Waals surface area (Å²) in [5, 5.41) is 15.5. The lowest BCUT2D eigenvalue weighted by Gasteiger charge is -2.15. The van der Waals surface area contributed by atoms with Crippen molar-refractivity contribution in [1.29, 1.82) is 0 Å². The maximum atomic E-state index is 12.6. The summed E-state index contributed by atoms with van der Waals surface area (Å²) in [6.45, 7) is 6.32. The van der Waals surface area contributed by atoms with Gasteiger partial charge in [-0.05, 0) is 45.0 Å². The Labute approximate surface area is 211 Å². The number of nitrogens with one attached hydrogen (secondary N) is 2. The highest BCUT2D eigenvalue weighted by Gasteiger charge is 2.20. The van der Waals surface area contributed by atoms with Gasteiger partial charge >= 0.3 is 0 Å². The molecule has 0 aliphatic carbocycles. The molecule has 1 heterocycles. The van der Waals surface area contributed by atoms with E-state index in [2.05, 4.69) is 20.8 Å². The molecule has 3 aromatic rings. The van der Waals surface area contributed by atoms with E-state index in [-0.39, 0.29) is 33.7 Å². The maximum Gasteiger partial charge on any atom is 0.251 e. The van der Waals surface area contributed by atoms with Crippen molar-refractivity contribution < 1.29 is 9.59 Å². The third-order valence-electron chi connectivity index (χ3n) is 4.71. The molecule has 0 aliphatic rings. The maximum absolute atomic E-state index is 12.6. The Kier molecular flexibility index (Phi) is 8.64. The van der Waals surface area contributed by atoms with Crippen molar-refractivity contribution >= 4 is 64.1 Å². The van der Waals surface area contributed by atoms with E-state index in [1.165, 1.54) is 23.9 Å². The molecule has 0 saturated heterocycles. The number of rotatable bonds is 8. The van der Waals surface area contributed by atoms with E-state index in [1.807, 2.05) is 37.5 Å². The molecule has 7 nitrogen and oxygen atoms in total. The van der Waals surface area contributed by atoms with Crippen LogP contribution in [0, 0.1) is 6.92 Å². The number of aromatic nitrogens is 3. The van der Waals surface area contributed by atoms with Gasteiger partial charge in [-0.1, -0.05) is 64.3 Å². The zero-order valence-electron chi connectivity index (χ0n) is 18.2. The molecular weight excluding hydrogens is 505 g/mol. The third-order valence-corrected chi connectivity index (χ3v) is 6.50. The number of aryl methyl sites for hydroxylation is 1. The number of nitrogens with zero attached hydrogens (tertiary/aromatic N) is 3. The predicted octanol–water partition coefficient (Wildman–Crippen LogP) is 5.79. The summed E-state index contributed by atoms with van der Waals surface area (Å²) in [5.41, 5.74) is 1.95. The van der Waals surface area contributed by atoms with Crippen LogP contribution in [0.15, 0.2) is 41.6 Å². The molecule has 3 rings (SSSR count). The lowest BCUT2D eigenvalue weighted by atomic mass is 10.1. The molecule has 33 heavy (non-hydrogen) atoms. The van der Waals surface area contributed by atoms with E-state index >= 15 is 0 Å². The zero-order chi connectivity index (χ0) is 24.1. The molecule has 2 N–H and O–H groups in total. The average molecular weight is 527 g/mol. The molecule has 1 aromatic heterocycles. The molecule has 0 radical (unpaired) electrons. The van der Waals surface area contributed by atoms with E-state index in [0.717, 1.165) is 5.56 Å². The highest BCUT2D eigenvalue weighted by molar-refractivity contribution is 7.99. The van der Waals surface area contributed by atoms with E-state index < -0.39 is 0 Å². The minimum atomic E-state index is -0.374. The highest BCUT2D eigenvalue weighted by Crippen LogP contribution is 2.34. The predicted molar refractivity (Wildman–Crippen MR) is 134 cm³/mol. The average Bonchev–Trinajstić information content (AvgIpc) is 3.18. The molecule has 0 saturated carbocycles. The van der Waals surface area contributed by atoms with Crippen LogP contribution in [0.1, 0.15) is 41.6 Å². The lowest BCUT2D eigenvalue weighted by molar-refractivity contribution is -0.113. The van der Waals surface area contributed by atoms with Gasteiger partial charge in [-0.25, -0.2) is 0 Å². The Morgan fingerprint density at radius 1 is 1.09 bits per heavy atom. The van der Waals surface area contributed by atoms with E-state index in [1.54, 1.807) is 12.1 Å². The van der Waals surface area contributed by atoms with Gasteiger partial charge in [-0.2, -0.15) is 0 Å². The van der Waals surface area contributed by atoms with Crippen molar-refractivity contribution in [2.45, 2.75) is 38.5 Å². The Balaban J connectivity index is 1.64. The quantitative estimate of drug-likeness (QED) is 0.363. The summed E-state index contributed by atoms with van der Waals surface area (Å²) in [6, 6.07) is 9.97. The van der Waals surface area contributed by atoms with Crippen LogP contribution >= 0.6 is 46.6 Å². The van der Waals surface area contributed by atoms with Gasteiger partial charge in [-0.15, -0.1) is 10.2 Å². The van der Waals surface area contributed by atoms with Gasteiger partial charge < -0.3 is 15.2 Å². The van der Waals surface area contributed by atoms with Gasteiger partial charge in [0.2, 0.25) is 5.91 Å². The Morgan fingerprint density at radius 3 is 2.33 bits per heavy atom. The third kappa shape index (κ3) is 6.41. The molecule has 11 heteroatoms. The Morgan fingerprint density at radius 2 is 1.73 bits per heavy atom. The van der Waals surface area contributed by atoms with E-state index in [4.69, 9.17) is 34.8 Å². The summed E-state index contributed by atoms with van der Waals surface area (Å²) in [5.74, 6) is 0.166. The number of hydrogen-bond donors (Lipinski definition) is 2. The molecule has 174 valence electrons. The first-order chi connectivity index (χ1) is 15.7. The number of hydrogen-bond acceptors (Lipinski definition) is 5. The number of halogens is 3.